The molecule has 0 spiro atoms. The van der Waals surface area contributed by atoms with Crippen LogP contribution < -0.4 is 4.90 Å². The molecule has 0 aliphatic carbocycles. The van der Waals surface area contributed by atoms with E-state index in [1.165, 1.54) is 4.90 Å². The summed E-state index contributed by atoms with van der Waals surface area (Å²) < 4.78 is 23.7. The predicted molar refractivity (Wildman–Crippen MR) is 85.0 cm³/mol. The molecule has 0 N–H and O–H groups in total. The molecule has 110 valence electrons. The summed E-state index contributed by atoms with van der Waals surface area (Å²) in [6, 6.07) is 7.18. The van der Waals surface area contributed by atoms with Crippen LogP contribution in [0.2, 0.25) is 0 Å². The molecule has 8 heteroatoms. The summed E-state index contributed by atoms with van der Waals surface area (Å²) in [7, 11) is 1.62. The molecular formula is C13H10BrClN2O3S. The number of hydrogen-bond acceptors (Lipinski definition) is 4. The first-order valence-electron chi connectivity index (χ1n) is 6.15. The molecule has 0 saturated carbocycles. The number of pyridine rings is 1. The van der Waals surface area contributed by atoms with E-state index in [4.69, 9.17) is 10.7 Å². The van der Waals surface area contributed by atoms with Gasteiger partial charge < -0.3 is 4.90 Å². The molecule has 0 radical (unpaired) electrons. The maximum absolute atomic E-state index is 12.1. The lowest BCUT2D eigenvalue weighted by Crippen LogP contribution is -2.26. The van der Waals surface area contributed by atoms with Crippen LogP contribution in [-0.2, 0) is 13.8 Å². The van der Waals surface area contributed by atoms with Gasteiger partial charge in [-0.25, -0.2) is 8.42 Å². The highest BCUT2D eigenvalue weighted by molar-refractivity contribution is 9.10. The highest BCUT2D eigenvalue weighted by atomic mass is 79.9. The van der Waals surface area contributed by atoms with Crippen molar-refractivity contribution < 1.29 is 13.2 Å². The first-order chi connectivity index (χ1) is 9.88. The molecule has 1 aliphatic rings. The fourth-order valence-electron chi connectivity index (χ4n) is 2.45. The lowest BCUT2D eigenvalue weighted by molar-refractivity contribution is -0.117. The first kappa shape index (κ1) is 14.7. The van der Waals surface area contributed by atoms with Crippen LogP contribution in [0.5, 0.6) is 0 Å². The number of amides is 1. The minimum absolute atomic E-state index is 0.0658. The number of halogens is 2. The summed E-state index contributed by atoms with van der Waals surface area (Å²) in [5.74, 6) is -0.253. The summed E-state index contributed by atoms with van der Waals surface area (Å²) in [5.41, 5.74) is 1.37. The highest BCUT2D eigenvalue weighted by Crippen LogP contribution is 2.34. The number of carbonyl (C=O) groups is 1. The number of hydrogen-bond donors (Lipinski definition) is 0. The Hall–Kier alpha value is -1.18. The molecule has 1 saturated heterocycles. The smallest absolute Gasteiger partial charge is 0.237 e. The minimum atomic E-state index is -3.75. The van der Waals surface area contributed by atoms with Gasteiger partial charge in [-0.3, -0.25) is 9.78 Å². The third kappa shape index (κ3) is 2.65. The molecule has 2 heterocycles. The van der Waals surface area contributed by atoms with Crippen molar-refractivity contribution in [3.63, 3.8) is 0 Å². The molecule has 1 aromatic heterocycles. The Labute approximate surface area is 134 Å². The van der Waals surface area contributed by atoms with Gasteiger partial charge >= 0.3 is 0 Å². The first-order valence-corrected chi connectivity index (χ1v) is 9.31. The van der Waals surface area contributed by atoms with Gasteiger partial charge in [0.15, 0.2) is 0 Å². The van der Waals surface area contributed by atoms with Crippen molar-refractivity contribution in [2.24, 2.45) is 0 Å². The van der Waals surface area contributed by atoms with Gasteiger partial charge in [0.2, 0.25) is 15.0 Å². The van der Waals surface area contributed by atoms with Crippen molar-refractivity contribution in [2.75, 3.05) is 11.4 Å². The van der Waals surface area contributed by atoms with Crippen molar-refractivity contribution in [2.45, 2.75) is 11.7 Å². The molecule has 3 rings (SSSR count). The molecule has 1 fully saturated rings. The topological polar surface area (TPSA) is 67.3 Å². The molecule has 21 heavy (non-hydrogen) atoms. The number of rotatable bonds is 2. The lowest BCUT2D eigenvalue weighted by Gasteiger charge is -2.18. The summed E-state index contributed by atoms with van der Waals surface area (Å²) in [5, 5.41) is -0.0881. The van der Waals surface area contributed by atoms with Crippen molar-refractivity contribution in [3.05, 3.63) is 34.9 Å². The van der Waals surface area contributed by atoms with Crippen LogP contribution in [0.4, 0.5) is 5.69 Å². The van der Waals surface area contributed by atoms with E-state index in [2.05, 4.69) is 20.9 Å². The fourth-order valence-corrected chi connectivity index (χ4v) is 3.93. The van der Waals surface area contributed by atoms with E-state index < -0.39 is 14.3 Å². The Kier molecular flexibility index (Phi) is 3.67. The van der Waals surface area contributed by atoms with Crippen molar-refractivity contribution in [1.82, 2.24) is 4.98 Å². The summed E-state index contributed by atoms with van der Waals surface area (Å²) in [6.45, 7) is 0.0658. The average molecular weight is 390 g/mol. The molecule has 1 atom stereocenters. The second kappa shape index (κ2) is 5.23. The normalized spacial score (nSPS) is 19.4. The third-order valence-corrected chi connectivity index (χ3v) is 5.98. The van der Waals surface area contributed by atoms with E-state index in [0.717, 1.165) is 15.4 Å². The Morgan fingerprint density at radius 2 is 2.10 bits per heavy atom. The molecule has 1 aromatic carbocycles. The zero-order valence-electron chi connectivity index (χ0n) is 10.7. The standard InChI is InChI=1S/C13H10BrClN2O3S/c14-10-3-4-11(9-2-1-5-16-13(9)10)17-7-8(6-12(17)18)21(15,19)20/h1-5,8H,6-7H2. The van der Waals surface area contributed by atoms with Gasteiger partial charge in [0, 0.05) is 39.7 Å². The minimum Gasteiger partial charge on any atom is -0.310 e. The number of anilines is 1. The van der Waals surface area contributed by atoms with E-state index in [0.29, 0.717) is 5.69 Å². The van der Waals surface area contributed by atoms with E-state index in [1.54, 1.807) is 24.4 Å². The third-order valence-electron chi connectivity index (χ3n) is 3.48. The van der Waals surface area contributed by atoms with Gasteiger partial charge in [-0.15, -0.1) is 0 Å². The van der Waals surface area contributed by atoms with Crippen LogP contribution in [0, 0.1) is 0 Å². The zero-order chi connectivity index (χ0) is 15.2. The maximum atomic E-state index is 12.1. The summed E-state index contributed by atoms with van der Waals surface area (Å²) in [6.07, 6.45) is 1.57. The van der Waals surface area contributed by atoms with E-state index >= 15 is 0 Å². The van der Waals surface area contributed by atoms with Gasteiger partial charge in [0.25, 0.3) is 0 Å². The number of benzene rings is 1. The largest absolute Gasteiger partial charge is 0.310 e. The fraction of sp³-hybridized carbons (Fsp3) is 0.231. The maximum Gasteiger partial charge on any atom is 0.237 e. The Morgan fingerprint density at radius 1 is 1.33 bits per heavy atom. The van der Waals surface area contributed by atoms with E-state index in [-0.39, 0.29) is 18.9 Å². The van der Waals surface area contributed by atoms with E-state index in [1.807, 2.05) is 6.07 Å². The molecular weight excluding hydrogens is 380 g/mol. The van der Waals surface area contributed by atoms with Crippen LogP contribution in [0.25, 0.3) is 10.9 Å². The SMILES string of the molecule is O=C1CC(S(=O)(=O)Cl)CN1c1ccc(Br)c2ncccc12. The van der Waals surface area contributed by atoms with Crippen LogP contribution >= 0.6 is 26.6 Å². The zero-order valence-corrected chi connectivity index (χ0v) is 13.8. The van der Waals surface area contributed by atoms with Gasteiger partial charge in [0.1, 0.15) is 5.25 Å². The molecule has 1 unspecified atom stereocenters. The van der Waals surface area contributed by atoms with Crippen molar-refractivity contribution >= 4 is 58.2 Å². The highest BCUT2D eigenvalue weighted by Gasteiger charge is 2.38. The van der Waals surface area contributed by atoms with Crippen molar-refractivity contribution in [3.8, 4) is 0 Å². The molecule has 5 nitrogen and oxygen atoms in total. The number of carbonyl (C=O) groups excluding carboxylic acids is 1. The van der Waals surface area contributed by atoms with Gasteiger partial charge in [-0.2, -0.15) is 0 Å². The molecule has 2 aromatic rings. The Bertz CT molecular complexity index is 840. The summed E-state index contributed by atoms with van der Waals surface area (Å²) in [4.78, 5) is 17.9. The van der Waals surface area contributed by atoms with Crippen LogP contribution in [0.3, 0.4) is 0 Å². The van der Waals surface area contributed by atoms with Gasteiger partial charge in [-0.1, -0.05) is 0 Å². The average Bonchev–Trinajstić information content (AvgIpc) is 2.82. The molecule has 0 bridgehead atoms. The lowest BCUT2D eigenvalue weighted by atomic mass is 10.1. The second-order valence-corrected chi connectivity index (χ2v) is 8.53. The van der Waals surface area contributed by atoms with Crippen molar-refractivity contribution in [1.29, 1.82) is 0 Å². The number of nitrogens with zero attached hydrogens (tertiary/aromatic N) is 2. The van der Waals surface area contributed by atoms with Crippen LogP contribution in [0.1, 0.15) is 6.42 Å². The number of fused-ring (bicyclic) bond motifs is 1. The summed E-state index contributed by atoms with van der Waals surface area (Å²) >= 11 is 3.42. The predicted octanol–water partition coefficient (Wildman–Crippen LogP) is 2.67. The number of aromatic nitrogens is 1. The molecule has 1 aliphatic heterocycles. The van der Waals surface area contributed by atoms with Crippen LogP contribution in [0.15, 0.2) is 34.9 Å². The van der Waals surface area contributed by atoms with E-state index in [9.17, 15) is 13.2 Å². The van der Waals surface area contributed by atoms with Gasteiger partial charge in [-0.05, 0) is 40.2 Å². The Balaban J connectivity index is 2.10. The Morgan fingerprint density at radius 3 is 2.76 bits per heavy atom. The molecule has 1 amide bonds. The quantitative estimate of drug-likeness (QED) is 0.741. The second-order valence-electron chi connectivity index (χ2n) is 4.77. The monoisotopic (exact) mass is 388 g/mol. The van der Waals surface area contributed by atoms with Crippen LogP contribution in [-0.4, -0.2) is 31.1 Å². The van der Waals surface area contributed by atoms with Gasteiger partial charge in [0.05, 0.1) is 11.2 Å².